The van der Waals surface area contributed by atoms with Crippen molar-refractivity contribution >= 4 is 5.97 Å². The van der Waals surface area contributed by atoms with Crippen LogP contribution in [-0.2, 0) is 0 Å². The van der Waals surface area contributed by atoms with Crippen molar-refractivity contribution in [1.29, 1.82) is 0 Å². The fourth-order valence-corrected chi connectivity index (χ4v) is 3.43. The normalized spacial score (nSPS) is 10.7. The van der Waals surface area contributed by atoms with Crippen LogP contribution in [0.2, 0.25) is 0 Å². The lowest BCUT2D eigenvalue weighted by molar-refractivity contribution is 0.0728. The van der Waals surface area contributed by atoms with Crippen molar-refractivity contribution in [2.75, 3.05) is 6.61 Å². The van der Waals surface area contributed by atoms with Crippen LogP contribution >= 0.6 is 0 Å². The van der Waals surface area contributed by atoms with Gasteiger partial charge in [-0.2, -0.15) is 4.39 Å². The van der Waals surface area contributed by atoms with Gasteiger partial charge in [0.2, 0.25) is 5.82 Å². The van der Waals surface area contributed by atoms with E-state index in [1.54, 1.807) is 37.3 Å². The molecule has 172 valence electrons. The van der Waals surface area contributed by atoms with Crippen LogP contribution in [-0.4, -0.2) is 12.6 Å². The van der Waals surface area contributed by atoms with E-state index in [1.807, 2.05) is 0 Å². The molecule has 0 aliphatic heterocycles. The van der Waals surface area contributed by atoms with E-state index in [9.17, 15) is 22.4 Å². The molecule has 0 amide bonds. The van der Waals surface area contributed by atoms with Crippen molar-refractivity contribution in [3.63, 3.8) is 0 Å². The molecule has 0 atom stereocenters. The second-order valence-corrected chi connectivity index (χ2v) is 7.24. The molecule has 34 heavy (non-hydrogen) atoms. The summed E-state index contributed by atoms with van der Waals surface area (Å²) in [5, 5.41) is 0. The molecule has 7 heteroatoms. The van der Waals surface area contributed by atoms with Gasteiger partial charge in [-0.15, -0.1) is 0 Å². The summed E-state index contributed by atoms with van der Waals surface area (Å²) in [6, 6.07) is 19.3. The quantitative estimate of drug-likeness (QED) is 0.171. The van der Waals surface area contributed by atoms with Gasteiger partial charge in [0.1, 0.15) is 5.75 Å². The minimum Gasteiger partial charge on any atom is -0.491 e. The Morgan fingerprint density at radius 3 is 1.85 bits per heavy atom. The van der Waals surface area contributed by atoms with E-state index >= 15 is 0 Å². The van der Waals surface area contributed by atoms with Gasteiger partial charge in [0.15, 0.2) is 23.2 Å². The molecular weight excluding hydrogens is 448 g/mol. The Morgan fingerprint density at radius 1 is 0.676 bits per heavy atom. The van der Waals surface area contributed by atoms with Crippen LogP contribution in [0.25, 0.3) is 22.3 Å². The number of ether oxygens (including phenoxy) is 2. The second-order valence-electron chi connectivity index (χ2n) is 7.24. The number of hydrogen-bond donors (Lipinski definition) is 0. The van der Waals surface area contributed by atoms with Gasteiger partial charge in [0.05, 0.1) is 12.2 Å². The first kappa shape index (κ1) is 23.0. The molecule has 0 spiro atoms. The highest BCUT2D eigenvalue weighted by Gasteiger charge is 2.21. The van der Waals surface area contributed by atoms with Gasteiger partial charge in [-0.05, 0) is 42.3 Å². The zero-order valence-electron chi connectivity index (χ0n) is 17.9. The van der Waals surface area contributed by atoms with Crippen LogP contribution in [0.15, 0.2) is 78.9 Å². The first-order valence-corrected chi connectivity index (χ1v) is 10.4. The summed E-state index contributed by atoms with van der Waals surface area (Å²) < 4.78 is 67.8. The van der Waals surface area contributed by atoms with Gasteiger partial charge in [0.25, 0.3) is 0 Å². The molecule has 0 N–H and O–H groups in total. The Bertz CT molecular complexity index is 1340. The van der Waals surface area contributed by atoms with E-state index in [0.29, 0.717) is 11.1 Å². The molecule has 3 nitrogen and oxygen atoms in total. The van der Waals surface area contributed by atoms with Gasteiger partial charge in [-0.25, -0.2) is 18.0 Å². The third-order valence-electron chi connectivity index (χ3n) is 5.11. The molecule has 0 saturated heterocycles. The summed E-state index contributed by atoms with van der Waals surface area (Å²) in [6.07, 6.45) is 0. The van der Waals surface area contributed by atoms with Crippen molar-refractivity contribution in [3.8, 4) is 33.8 Å². The lowest BCUT2D eigenvalue weighted by Gasteiger charge is -2.11. The maximum atomic E-state index is 14.8. The Kier molecular flexibility index (Phi) is 6.63. The largest absolute Gasteiger partial charge is 0.491 e. The maximum absolute atomic E-state index is 14.8. The van der Waals surface area contributed by atoms with Crippen LogP contribution in [0.3, 0.4) is 0 Å². The predicted octanol–water partition coefficient (Wildman–Crippen LogP) is 7.19. The molecular formula is C27H18F4O3. The fraction of sp³-hybridized carbons (Fsp3) is 0.0741. The molecule has 4 aromatic rings. The molecule has 0 aromatic heterocycles. The zero-order valence-corrected chi connectivity index (χ0v) is 17.9. The number of rotatable bonds is 6. The summed E-state index contributed by atoms with van der Waals surface area (Å²) >= 11 is 0. The van der Waals surface area contributed by atoms with E-state index < -0.39 is 34.8 Å². The Morgan fingerprint density at radius 2 is 1.26 bits per heavy atom. The molecule has 0 fully saturated rings. The third-order valence-corrected chi connectivity index (χ3v) is 5.11. The zero-order chi connectivity index (χ0) is 24.2. The monoisotopic (exact) mass is 466 g/mol. The molecule has 4 rings (SSSR count). The Hall–Kier alpha value is -4.13. The molecule has 0 heterocycles. The lowest BCUT2D eigenvalue weighted by atomic mass is 9.99. The highest BCUT2D eigenvalue weighted by molar-refractivity contribution is 5.91. The summed E-state index contributed by atoms with van der Waals surface area (Å²) in [7, 11) is 0. The fourth-order valence-electron chi connectivity index (χ4n) is 3.43. The number of carbonyl (C=O) groups excluding carboxylic acids is 1. The molecule has 0 saturated carbocycles. The maximum Gasteiger partial charge on any atom is 0.346 e. The number of esters is 1. The van der Waals surface area contributed by atoms with E-state index in [2.05, 4.69) is 0 Å². The first-order chi connectivity index (χ1) is 16.4. The van der Waals surface area contributed by atoms with Gasteiger partial charge in [0, 0.05) is 11.1 Å². The van der Waals surface area contributed by atoms with Crippen LogP contribution in [0.4, 0.5) is 17.6 Å². The average molecular weight is 466 g/mol. The third kappa shape index (κ3) is 4.50. The van der Waals surface area contributed by atoms with Crippen molar-refractivity contribution in [2.24, 2.45) is 0 Å². The van der Waals surface area contributed by atoms with E-state index in [-0.39, 0.29) is 29.2 Å². The first-order valence-electron chi connectivity index (χ1n) is 10.4. The highest BCUT2D eigenvalue weighted by Crippen LogP contribution is 2.32. The Labute approximate surface area is 193 Å². The van der Waals surface area contributed by atoms with Crippen molar-refractivity contribution in [3.05, 3.63) is 108 Å². The summed E-state index contributed by atoms with van der Waals surface area (Å²) in [6.45, 7) is 1.74. The van der Waals surface area contributed by atoms with Crippen molar-refractivity contribution in [2.45, 2.75) is 6.92 Å². The van der Waals surface area contributed by atoms with E-state index in [0.717, 1.165) is 12.1 Å². The molecule has 0 aliphatic rings. The van der Waals surface area contributed by atoms with Crippen LogP contribution < -0.4 is 9.47 Å². The predicted molar refractivity (Wildman–Crippen MR) is 120 cm³/mol. The minimum absolute atomic E-state index is 0.0178. The topological polar surface area (TPSA) is 35.5 Å². The standard InChI is InChI=1S/C27H18F4O3/c1-2-33-22-15-14-21(25(30)26(22)31)27(32)34-18-10-8-17(9-11-18)20-13-12-19(23(28)24(20)29)16-6-4-3-5-7-16/h3-15H,2H2,1H3. The molecule has 0 aliphatic carbocycles. The van der Waals surface area contributed by atoms with Crippen LogP contribution in [0.5, 0.6) is 11.5 Å². The number of carbonyl (C=O) groups is 1. The number of benzene rings is 4. The second kappa shape index (κ2) is 9.79. The van der Waals surface area contributed by atoms with Gasteiger partial charge in [-0.1, -0.05) is 54.6 Å². The average Bonchev–Trinajstić information content (AvgIpc) is 2.85. The summed E-state index contributed by atoms with van der Waals surface area (Å²) in [5.74, 6) is -6.08. The minimum atomic E-state index is -1.39. The van der Waals surface area contributed by atoms with Gasteiger partial charge in [-0.3, -0.25) is 0 Å². The van der Waals surface area contributed by atoms with E-state index in [4.69, 9.17) is 9.47 Å². The lowest BCUT2D eigenvalue weighted by Crippen LogP contribution is -2.12. The van der Waals surface area contributed by atoms with Crippen molar-refractivity contribution < 1.29 is 31.8 Å². The van der Waals surface area contributed by atoms with Gasteiger partial charge < -0.3 is 9.47 Å². The molecule has 0 bridgehead atoms. The van der Waals surface area contributed by atoms with Crippen LogP contribution in [0, 0.1) is 23.3 Å². The van der Waals surface area contributed by atoms with Crippen molar-refractivity contribution in [1.82, 2.24) is 0 Å². The van der Waals surface area contributed by atoms with E-state index in [1.165, 1.54) is 36.4 Å². The van der Waals surface area contributed by atoms with Crippen LogP contribution in [0.1, 0.15) is 17.3 Å². The molecule has 0 radical (unpaired) electrons. The number of halogens is 4. The Balaban J connectivity index is 1.55. The van der Waals surface area contributed by atoms with Gasteiger partial charge >= 0.3 is 5.97 Å². The summed E-state index contributed by atoms with van der Waals surface area (Å²) in [4.78, 5) is 12.3. The summed E-state index contributed by atoms with van der Waals surface area (Å²) in [5.41, 5.74) is 0.445. The molecule has 0 unspecified atom stereocenters. The SMILES string of the molecule is CCOc1ccc(C(=O)Oc2ccc(-c3ccc(-c4ccccc4)c(F)c3F)cc2)c(F)c1F. The highest BCUT2D eigenvalue weighted by atomic mass is 19.2. The molecule has 4 aromatic carbocycles. The number of hydrogen-bond acceptors (Lipinski definition) is 3. The smallest absolute Gasteiger partial charge is 0.346 e.